The van der Waals surface area contributed by atoms with Gasteiger partial charge in [-0.3, -0.25) is 14.6 Å². The van der Waals surface area contributed by atoms with Gasteiger partial charge in [0.2, 0.25) is 5.91 Å². The molecule has 2 aromatic rings. The van der Waals surface area contributed by atoms with Gasteiger partial charge in [0.05, 0.1) is 18.8 Å². The lowest BCUT2D eigenvalue weighted by molar-refractivity contribution is -0.121. The van der Waals surface area contributed by atoms with Crippen molar-refractivity contribution in [3.8, 4) is 5.75 Å². The fourth-order valence-electron chi connectivity index (χ4n) is 3.39. The number of nitrogens with one attached hydrogen (secondary N) is 1. The van der Waals surface area contributed by atoms with E-state index in [2.05, 4.69) is 51.5 Å². The van der Waals surface area contributed by atoms with Crippen molar-refractivity contribution in [3.05, 3.63) is 66.2 Å². The minimum Gasteiger partial charge on any atom is -0.495 e. The molecule has 0 radical (unpaired) electrons. The summed E-state index contributed by atoms with van der Waals surface area (Å²) in [5, 5.41) is 2.99. The second kappa shape index (κ2) is 10.1. The molecule has 0 saturated carbocycles. The van der Waals surface area contributed by atoms with E-state index in [4.69, 9.17) is 4.74 Å². The number of hydrogen-bond acceptors (Lipinski definition) is 4. The zero-order valence-electron chi connectivity index (χ0n) is 16.7. The quantitative estimate of drug-likeness (QED) is 0.801. The number of rotatable bonds is 7. The molecule has 0 spiro atoms. The van der Waals surface area contributed by atoms with E-state index in [1.807, 2.05) is 37.3 Å². The third kappa shape index (κ3) is 5.44. The molecule has 1 N–H and O–H groups in total. The summed E-state index contributed by atoms with van der Waals surface area (Å²) in [6.07, 6.45) is 4.37. The summed E-state index contributed by atoms with van der Waals surface area (Å²) >= 11 is 0. The van der Waals surface area contributed by atoms with E-state index in [0.717, 1.165) is 32.7 Å². The minimum atomic E-state index is -0.174. The maximum absolute atomic E-state index is 12.7. The summed E-state index contributed by atoms with van der Waals surface area (Å²) in [4.78, 5) is 17.3. The first-order chi connectivity index (χ1) is 13.7. The van der Waals surface area contributed by atoms with Crippen molar-refractivity contribution in [1.29, 1.82) is 0 Å². The van der Waals surface area contributed by atoms with Crippen molar-refractivity contribution in [1.82, 2.24) is 9.80 Å². The number of carbonyl (C=O) groups excluding carboxylic acids is 1. The lowest BCUT2D eigenvalue weighted by Gasteiger charge is -2.37. The van der Waals surface area contributed by atoms with Crippen LogP contribution in [-0.4, -0.2) is 61.6 Å². The highest BCUT2D eigenvalue weighted by Gasteiger charge is 2.25. The molecule has 0 unspecified atom stereocenters. The number of carbonyl (C=O) groups is 1. The largest absolute Gasteiger partial charge is 0.495 e. The van der Waals surface area contributed by atoms with Gasteiger partial charge in [-0.25, -0.2) is 0 Å². The number of methoxy groups -OCH3 is 1. The first-order valence-electron chi connectivity index (χ1n) is 9.79. The summed E-state index contributed by atoms with van der Waals surface area (Å²) in [5.41, 5.74) is 1.94. The summed E-state index contributed by atoms with van der Waals surface area (Å²) in [5.74, 6) is 0.681. The van der Waals surface area contributed by atoms with E-state index >= 15 is 0 Å². The number of hydrogen-bond donors (Lipinski definition) is 1. The molecule has 0 aliphatic carbocycles. The van der Waals surface area contributed by atoms with Gasteiger partial charge in [-0.05, 0) is 24.6 Å². The molecule has 28 heavy (non-hydrogen) atoms. The highest BCUT2D eigenvalue weighted by Crippen LogP contribution is 2.23. The van der Waals surface area contributed by atoms with Gasteiger partial charge in [-0.1, -0.05) is 54.6 Å². The Balaban J connectivity index is 1.46. The van der Waals surface area contributed by atoms with E-state index < -0.39 is 0 Å². The van der Waals surface area contributed by atoms with E-state index in [1.54, 1.807) is 7.11 Å². The average Bonchev–Trinajstić information content (AvgIpc) is 2.75. The topological polar surface area (TPSA) is 44.8 Å². The molecule has 1 saturated heterocycles. The Morgan fingerprint density at radius 3 is 2.46 bits per heavy atom. The highest BCUT2D eigenvalue weighted by atomic mass is 16.5. The monoisotopic (exact) mass is 379 g/mol. The van der Waals surface area contributed by atoms with Crippen LogP contribution in [0.3, 0.4) is 0 Å². The van der Waals surface area contributed by atoms with Gasteiger partial charge in [0.1, 0.15) is 5.75 Å². The first-order valence-corrected chi connectivity index (χ1v) is 9.79. The van der Waals surface area contributed by atoms with Crippen LogP contribution in [0.1, 0.15) is 12.5 Å². The number of amides is 1. The molecule has 2 aromatic carbocycles. The predicted molar refractivity (Wildman–Crippen MR) is 115 cm³/mol. The third-order valence-electron chi connectivity index (χ3n) is 5.17. The summed E-state index contributed by atoms with van der Waals surface area (Å²) in [7, 11) is 1.61. The standard InChI is InChI=1S/C23H29N3O2/c1-19(23(27)24-21-12-6-7-13-22(21)28-2)26-17-15-25(16-18-26)14-8-11-20-9-4-3-5-10-20/h3-13,19H,14-18H2,1-2H3,(H,24,27)/t19-/m0/s1. The molecule has 3 rings (SSSR count). The zero-order valence-corrected chi connectivity index (χ0v) is 16.7. The summed E-state index contributed by atoms with van der Waals surface area (Å²) < 4.78 is 5.31. The van der Waals surface area contributed by atoms with Gasteiger partial charge in [0.15, 0.2) is 0 Å². The number of benzene rings is 2. The molecule has 1 atom stereocenters. The molecule has 5 nitrogen and oxygen atoms in total. The fourth-order valence-corrected chi connectivity index (χ4v) is 3.39. The van der Waals surface area contributed by atoms with E-state index in [9.17, 15) is 4.79 Å². The molecule has 5 heteroatoms. The Labute approximate surface area is 167 Å². The second-order valence-electron chi connectivity index (χ2n) is 7.02. The van der Waals surface area contributed by atoms with Gasteiger partial charge < -0.3 is 10.1 Å². The van der Waals surface area contributed by atoms with Crippen LogP contribution in [0.4, 0.5) is 5.69 Å². The van der Waals surface area contributed by atoms with Crippen LogP contribution in [0.15, 0.2) is 60.7 Å². The molecule has 0 aromatic heterocycles. The van der Waals surface area contributed by atoms with Crippen molar-refractivity contribution in [2.45, 2.75) is 13.0 Å². The fraction of sp³-hybridized carbons (Fsp3) is 0.348. The normalized spacial score (nSPS) is 16.8. The van der Waals surface area contributed by atoms with Crippen LogP contribution in [0.25, 0.3) is 6.08 Å². The lowest BCUT2D eigenvalue weighted by Crippen LogP contribution is -2.52. The Morgan fingerprint density at radius 2 is 1.75 bits per heavy atom. The molecule has 1 aliphatic heterocycles. The van der Waals surface area contributed by atoms with Crippen LogP contribution < -0.4 is 10.1 Å². The number of piperazine rings is 1. The highest BCUT2D eigenvalue weighted by molar-refractivity contribution is 5.95. The molecular formula is C23H29N3O2. The predicted octanol–water partition coefficient (Wildman–Crippen LogP) is 3.35. The van der Waals surface area contributed by atoms with Crippen LogP contribution >= 0.6 is 0 Å². The number of ether oxygens (including phenoxy) is 1. The summed E-state index contributed by atoms with van der Waals surface area (Å²) in [6.45, 7) is 6.61. The average molecular weight is 380 g/mol. The smallest absolute Gasteiger partial charge is 0.241 e. The molecule has 0 bridgehead atoms. The molecule has 1 heterocycles. The second-order valence-corrected chi connectivity index (χ2v) is 7.02. The maximum Gasteiger partial charge on any atom is 0.241 e. The molecule has 148 valence electrons. The number of para-hydroxylation sites is 2. The van der Waals surface area contributed by atoms with Crippen LogP contribution in [0.5, 0.6) is 5.75 Å². The zero-order chi connectivity index (χ0) is 19.8. The van der Waals surface area contributed by atoms with Gasteiger partial charge in [-0.2, -0.15) is 0 Å². The summed E-state index contributed by atoms with van der Waals surface area (Å²) in [6, 6.07) is 17.7. The minimum absolute atomic E-state index is 0.00178. The van der Waals surface area contributed by atoms with Crippen molar-refractivity contribution >= 4 is 17.7 Å². The molecular weight excluding hydrogens is 350 g/mol. The third-order valence-corrected chi connectivity index (χ3v) is 5.17. The maximum atomic E-state index is 12.7. The van der Waals surface area contributed by atoms with Crippen molar-refractivity contribution in [2.75, 3.05) is 45.2 Å². The first kappa shape index (κ1) is 20.1. The lowest BCUT2D eigenvalue weighted by atomic mass is 10.2. The van der Waals surface area contributed by atoms with Crippen LogP contribution in [-0.2, 0) is 4.79 Å². The Kier molecular flexibility index (Phi) is 7.23. The SMILES string of the molecule is COc1ccccc1NC(=O)[C@H](C)N1CCN(CC=Cc2ccccc2)CC1. The number of anilines is 1. The Hall–Kier alpha value is -2.63. The molecule has 1 amide bonds. The van der Waals surface area contributed by atoms with E-state index in [0.29, 0.717) is 11.4 Å². The number of nitrogens with zero attached hydrogens (tertiary/aromatic N) is 2. The molecule has 1 aliphatic rings. The Morgan fingerprint density at radius 1 is 1.07 bits per heavy atom. The van der Waals surface area contributed by atoms with Crippen molar-refractivity contribution in [2.24, 2.45) is 0 Å². The van der Waals surface area contributed by atoms with Gasteiger partial charge in [-0.15, -0.1) is 0 Å². The van der Waals surface area contributed by atoms with Gasteiger partial charge in [0.25, 0.3) is 0 Å². The van der Waals surface area contributed by atoms with Gasteiger partial charge >= 0.3 is 0 Å². The molecule has 1 fully saturated rings. The van der Waals surface area contributed by atoms with Crippen molar-refractivity contribution in [3.63, 3.8) is 0 Å². The van der Waals surface area contributed by atoms with E-state index in [1.165, 1.54) is 5.56 Å². The van der Waals surface area contributed by atoms with Crippen LogP contribution in [0, 0.1) is 0 Å². The van der Waals surface area contributed by atoms with Crippen molar-refractivity contribution < 1.29 is 9.53 Å². The van der Waals surface area contributed by atoms with E-state index in [-0.39, 0.29) is 11.9 Å². The van der Waals surface area contributed by atoms with Crippen LogP contribution in [0.2, 0.25) is 0 Å². The Bertz CT molecular complexity index is 783. The van der Waals surface area contributed by atoms with Gasteiger partial charge in [0, 0.05) is 32.7 Å².